The molecule has 0 heterocycles. The van der Waals surface area contributed by atoms with Gasteiger partial charge in [-0.15, -0.1) is 0 Å². The number of carboxylic acids is 1. The number of hydrogen-bond acceptors (Lipinski definition) is 3. The van der Waals surface area contributed by atoms with E-state index in [-0.39, 0.29) is 12.3 Å². The Labute approximate surface area is 99.1 Å². The summed E-state index contributed by atoms with van der Waals surface area (Å²) in [7, 11) is -1.07. The molecule has 0 radical (unpaired) electrons. The van der Waals surface area contributed by atoms with Gasteiger partial charge in [-0.2, -0.15) is 0 Å². The Hall–Kier alpha value is -1.50. The summed E-state index contributed by atoms with van der Waals surface area (Å²) < 4.78 is 37.5. The van der Waals surface area contributed by atoms with Crippen LogP contribution >= 0.6 is 0 Å². The highest BCUT2D eigenvalue weighted by Gasteiger charge is 2.14. The van der Waals surface area contributed by atoms with Gasteiger partial charge in [0.2, 0.25) is 0 Å². The molecule has 0 amide bonds. The molecule has 0 saturated carbocycles. The van der Waals surface area contributed by atoms with Crippen LogP contribution in [0.1, 0.15) is 10.4 Å². The Morgan fingerprint density at radius 3 is 2.35 bits per heavy atom. The first-order chi connectivity index (χ1) is 7.91. The highest BCUT2D eigenvalue weighted by molar-refractivity contribution is 7.84. The zero-order chi connectivity index (χ0) is 13.0. The number of carbonyl (C=O) groups is 1. The predicted molar refractivity (Wildman–Crippen MR) is 60.7 cm³/mol. The zero-order valence-electron chi connectivity index (χ0n) is 9.00. The fourth-order valence-electron chi connectivity index (χ4n) is 1.19. The van der Waals surface area contributed by atoms with E-state index >= 15 is 0 Å². The van der Waals surface area contributed by atoms with E-state index in [0.717, 1.165) is 12.1 Å². The first-order valence-electron chi connectivity index (χ1n) is 4.68. The van der Waals surface area contributed by atoms with E-state index in [4.69, 9.17) is 5.11 Å². The first kappa shape index (κ1) is 13.6. The van der Waals surface area contributed by atoms with Crippen molar-refractivity contribution in [3.63, 3.8) is 0 Å². The Morgan fingerprint density at radius 2 is 1.94 bits per heavy atom. The molecule has 0 bridgehead atoms. The number of aromatic carboxylic acids is 1. The van der Waals surface area contributed by atoms with Gasteiger partial charge < -0.3 is 10.4 Å². The van der Waals surface area contributed by atoms with Gasteiger partial charge >= 0.3 is 5.97 Å². The van der Waals surface area contributed by atoms with Crippen molar-refractivity contribution in [1.82, 2.24) is 0 Å². The van der Waals surface area contributed by atoms with E-state index in [1.807, 2.05) is 0 Å². The maximum absolute atomic E-state index is 13.4. The standard InChI is InChI=1S/C10H11F2NO3S/c1-17(16)3-2-13-9-7(11)4-6(10(14)15)5-8(9)12/h4-5,13H,2-3H2,1H3,(H,14,15). The molecule has 1 unspecified atom stereocenters. The second kappa shape index (κ2) is 5.72. The van der Waals surface area contributed by atoms with Crippen LogP contribution in [0.4, 0.5) is 14.5 Å². The normalized spacial score (nSPS) is 12.2. The molecule has 1 atom stereocenters. The van der Waals surface area contributed by atoms with E-state index in [2.05, 4.69) is 5.32 Å². The van der Waals surface area contributed by atoms with Gasteiger partial charge in [0, 0.05) is 29.4 Å². The van der Waals surface area contributed by atoms with Gasteiger partial charge in [-0.25, -0.2) is 13.6 Å². The molecule has 0 saturated heterocycles. The van der Waals surface area contributed by atoms with E-state index in [1.165, 1.54) is 6.26 Å². The lowest BCUT2D eigenvalue weighted by Crippen LogP contribution is -2.13. The predicted octanol–water partition coefficient (Wildman–Crippen LogP) is 1.45. The molecule has 0 aliphatic carbocycles. The van der Waals surface area contributed by atoms with Crippen molar-refractivity contribution >= 4 is 22.5 Å². The smallest absolute Gasteiger partial charge is 0.335 e. The molecule has 4 nitrogen and oxygen atoms in total. The Kier molecular flexibility index (Phi) is 4.56. The molecule has 17 heavy (non-hydrogen) atoms. The van der Waals surface area contributed by atoms with Gasteiger partial charge in [-0.3, -0.25) is 4.21 Å². The van der Waals surface area contributed by atoms with Gasteiger partial charge in [0.1, 0.15) is 17.3 Å². The summed E-state index contributed by atoms with van der Waals surface area (Å²) in [4.78, 5) is 10.5. The van der Waals surface area contributed by atoms with Crippen molar-refractivity contribution in [2.24, 2.45) is 0 Å². The van der Waals surface area contributed by atoms with Gasteiger partial charge in [0.05, 0.1) is 5.56 Å². The van der Waals surface area contributed by atoms with Crippen molar-refractivity contribution in [3.8, 4) is 0 Å². The van der Waals surface area contributed by atoms with Gasteiger partial charge in [-0.1, -0.05) is 0 Å². The number of halogens is 2. The number of rotatable bonds is 5. The molecular weight excluding hydrogens is 252 g/mol. The number of benzene rings is 1. The summed E-state index contributed by atoms with van der Waals surface area (Å²) in [5.41, 5.74) is -0.856. The van der Waals surface area contributed by atoms with E-state index in [1.54, 1.807) is 0 Å². The summed E-state index contributed by atoms with van der Waals surface area (Å²) in [5, 5.41) is 11.0. The Balaban J connectivity index is 2.86. The van der Waals surface area contributed by atoms with Crippen LogP contribution in [-0.4, -0.2) is 33.8 Å². The number of anilines is 1. The van der Waals surface area contributed by atoms with Gasteiger partial charge in [-0.05, 0) is 12.1 Å². The van der Waals surface area contributed by atoms with Crippen molar-refractivity contribution < 1.29 is 22.9 Å². The average Bonchev–Trinajstić information content (AvgIpc) is 2.21. The molecular formula is C10H11F2NO3S. The minimum absolute atomic E-state index is 0.142. The lowest BCUT2D eigenvalue weighted by atomic mass is 10.2. The molecule has 1 aromatic rings. The third kappa shape index (κ3) is 3.77. The molecule has 0 aliphatic rings. The van der Waals surface area contributed by atoms with Crippen LogP contribution in [0.3, 0.4) is 0 Å². The van der Waals surface area contributed by atoms with Crippen LogP contribution in [0, 0.1) is 11.6 Å². The van der Waals surface area contributed by atoms with E-state index in [0.29, 0.717) is 0 Å². The molecule has 0 aliphatic heterocycles. The molecule has 1 rings (SSSR count). The lowest BCUT2D eigenvalue weighted by molar-refractivity contribution is 0.0696. The highest BCUT2D eigenvalue weighted by atomic mass is 32.2. The van der Waals surface area contributed by atoms with Crippen molar-refractivity contribution in [2.75, 3.05) is 23.9 Å². The van der Waals surface area contributed by atoms with Crippen LogP contribution < -0.4 is 5.32 Å². The minimum Gasteiger partial charge on any atom is -0.478 e. The topological polar surface area (TPSA) is 66.4 Å². The summed E-state index contributed by atoms with van der Waals surface area (Å²) >= 11 is 0. The third-order valence-corrected chi connectivity index (χ3v) is 2.76. The molecule has 1 aromatic carbocycles. The quantitative estimate of drug-likeness (QED) is 0.844. The van der Waals surface area contributed by atoms with Gasteiger partial charge in [0.15, 0.2) is 0 Å². The van der Waals surface area contributed by atoms with Crippen molar-refractivity contribution in [1.29, 1.82) is 0 Å². The monoisotopic (exact) mass is 263 g/mol. The van der Waals surface area contributed by atoms with Gasteiger partial charge in [0.25, 0.3) is 0 Å². The maximum Gasteiger partial charge on any atom is 0.335 e. The molecule has 94 valence electrons. The SMILES string of the molecule is CS(=O)CCNc1c(F)cc(C(=O)O)cc1F. The molecule has 7 heteroatoms. The number of hydrogen-bond donors (Lipinski definition) is 2. The zero-order valence-corrected chi connectivity index (χ0v) is 9.81. The second-order valence-electron chi connectivity index (χ2n) is 3.32. The first-order valence-corrected chi connectivity index (χ1v) is 6.40. The fourth-order valence-corrected chi connectivity index (χ4v) is 1.57. The summed E-state index contributed by atoms with van der Waals surface area (Å²) in [6, 6.07) is 1.47. The van der Waals surface area contributed by atoms with E-state index in [9.17, 15) is 17.8 Å². The summed E-state index contributed by atoms with van der Waals surface area (Å²) in [6.45, 7) is 0.142. The molecule has 2 N–H and O–H groups in total. The molecule has 0 spiro atoms. The average molecular weight is 263 g/mol. The Bertz CT molecular complexity index is 442. The maximum atomic E-state index is 13.4. The lowest BCUT2D eigenvalue weighted by Gasteiger charge is -2.08. The third-order valence-electron chi connectivity index (χ3n) is 1.98. The van der Waals surface area contributed by atoms with E-state index < -0.39 is 39.7 Å². The largest absolute Gasteiger partial charge is 0.478 e. The number of nitrogens with one attached hydrogen (secondary N) is 1. The van der Waals surface area contributed by atoms with Crippen LogP contribution in [0.2, 0.25) is 0 Å². The Morgan fingerprint density at radius 1 is 1.41 bits per heavy atom. The number of carboxylic acid groups (broad SMARTS) is 1. The summed E-state index contributed by atoms with van der Waals surface area (Å²) in [6.07, 6.45) is 1.47. The van der Waals surface area contributed by atoms with Crippen LogP contribution in [0.5, 0.6) is 0 Å². The molecule has 0 aromatic heterocycles. The second-order valence-corrected chi connectivity index (χ2v) is 4.88. The van der Waals surface area contributed by atoms with Crippen LogP contribution in [-0.2, 0) is 10.8 Å². The molecule has 0 fully saturated rings. The summed E-state index contributed by atoms with van der Waals surface area (Å²) in [5.74, 6) is -3.11. The fraction of sp³-hybridized carbons (Fsp3) is 0.300. The van der Waals surface area contributed by atoms with Crippen molar-refractivity contribution in [2.45, 2.75) is 0 Å². The highest BCUT2D eigenvalue weighted by Crippen LogP contribution is 2.20. The minimum atomic E-state index is -1.40. The van der Waals surface area contributed by atoms with Crippen LogP contribution in [0.15, 0.2) is 12.1 Å². The van der Waals surface area contributed by atoms with Crippen molar-refractivity contribution in [3.05, 3.63) is 29.3 Å². The van der Waals surface area contributed by atoms with Crippen LogP contribution in [0.25, 0.3) is 0 Å².